The molecule has 4 spiro atoms. The molecule has 0 aromatic heterocycles. The van der Waals surface area contributed by atoms with Crippen molar-refractivity contribution in [3.8, 4) is 0 Å². The highest BCUT2D eigenvalue weighted by molar-refractivity contribution is 6.06. The smallest absolute Gasteiger partial charge is 0.310 e. The molecule has 8 aliphatic rings. The third kappa shape index (κ3) is 2.11. The summed E-state index contributed by atoms with van der Waals surface area (Å²) in [6.45, 7) is 13.9. The average Bonchev–Trinajstić information content (AvgIpc) is 2.87. The molecule has 8 fully saturated rings. The maximum atomic E-state index is 14.9. The van der Waals surface area contributed by atoms with Crippen LogP contribution in [0.4, 0.5) is 0 Å². The van der Waals surface area contributed by atoms with E-state index in [1.807, 2.05) is 0 Å². The lowest BCUT2D eigenvalue weighted by atomic mass is 8.98. The Morgan fingerprint density at radius 1 is 0.600 bits per heavy atom. The number of methoxy groups -OCH3 is 2. The topological polar surface area (TPSA) is 86.7 Å². The summed E-state index contributed by atoms with van der Waals surface area (Å²) in [6.07, 6.45) is 7.82. The minimum atomic E-state index is -0.980. The van der Waals surface area contributed by atoms with Crippen molar-refractivity contribution in [3.05, 3.63) is 0 Å². The van der Waals surface area contributed by atoms with Gasteiger partial charge in [0.15, 0.2) is 0 Å². The van der Waals surface area contributed by atoms with Crippen LogP contribution in [0.5, 0.6) is 0 Å². The lowest BCUT2D eigenvalue weighted by Crippen LogP contribution is -3.05. The van der Waals surface area contributed by atoms with Gasteiger partial charge in [-0.1, -0.05) is 54.4 Å². The van der Waals surface area contributed by atoms with E-state index in [0.29, 0.717) is 25.7 Å². The molecule has 0 saturated heterocycles. The molecule has 6 heteroatoms. The number of hydrogen-bond donors (Lipinski definition) is 0. The predicted octanol–water partition coefficient (Wildman–Crippen LogP) is 5.94. The van der Waals surface area contributed by atoms with Gasteiger partial charge >= 0.3 is 11.9 Å². The fraction of sp³-hybridized carbons (Fsp3) is 0.882. The molecule has 0 aliphatic heterocycles. The maximum absolute atomic E-state index is 14.9. The van der Waals surface area contributed by atoms with Gasteiger partial charge in [-0.15, -0.1) is 0 Å². The van der Waals surface area contributed by atoms with Crippen LogP contribution < -0.4 is 0 Å². The average molecular weight is 553 g/mol. The van der Waals surface area contributed by atoms with Gasteiger partial charge in [0.1, 0.15) is 11.6 Å². The van der Waals surface area contributed by atoms with Crippen molar-refractivity contribution in [2.24, 2.45) is 67.0 Å². The molecular formula is C34H48O6. The van der Waals surface area contributed by atoms with Gasteiger partial charge in [-0.25, -0.2) is 0 Å². The quantitative estimate of drug-likeness (QED) is 0.394. The van der Waals surface area contributed by atoms with Crippen LogP contribution in [-0.2, 0) is 28.7 Å². The summed E-state index contributed by atoms with van der Waals surface area (Å²) in [7, 11) is 2.87. The molecule has 8 aliphatic carbocycles. The van der Waals surface area contributed by atoms with Gasteiger partial charge in [0.25, 0.3) is 0 Å². The summed E-state index contributed by atoms with van der Waals surface area (Å²) in [5.41, 5.74) is -4.44. The van der Waals surface area contributed by atoms with Crippen LogP contribution in [0.3, 0.4) is 0 Å². The third-order valence-corrected chi connectivity index (χ3v) is 15.7. The molecule has 220 valence electrons. The molecule has 40 heavy (non-hydrogen) atoms. The van der Waals surface area contributed by atoms with Gasteiger partial charge < -0.3 is 9.47 Å². The van der Waals surface area contributed by atoms with Gasteiger partial charge in [0.2, 0.25) is 0 Å². The van der Waals surface area contributed by atoms with Gasteiger partial charge in [-0.2, -0.15) is 0 Å². The van der Waals surface area contributed by atoms with Crippen LogP contribution in [0.2, 0.25) is 0 Å². The number of carbonyl (C=O) groups excluding carboxylic acids is 4. The van der Waals surface area contributed by atoms with Crippen molar-refractivity contribution >= 4 is 23.5 Å². The van der Waals surface area contributed by atoms with Crippen molar-refractivity contribution in [1.82, 2.24) is 0 Å². The molecule has 10 atom stereocenters. The maximum Gasteiger partial charge on any atom is 0.310 e. The number of rotatable bonds is 2. The number of esters is 2. The van der Waals surface area contributed by atoms with E-state index in [4.69, 9.17) is 9.47 Å². The molecular weight excluding hydrogens is 504 g/mol. The molecule has 2 unspecified atom stereocenters. The molecule has 0 radical (unpaired) electrons. The highest BCUT2D eigenvalue weighted by atomic mass is 16.5. The standard InChI is InChI=1S/C34H48O6/c1-27(2)11-9-13-29(5)19(27)17-21(35)31-15-16-32-22(36)18-20-28(3,4)12-10-14-30(20,6)34(32,24(31)26(38)40-8)33(29,31)23(32)25(37)39-7/h19-20,23-24H,9-18H2,1-8H3/t19?,20?,23-,24+,29-,30+,31-,32+,33+,34-. The van der Waals surface area contributed by atoms with Crippen LogP contribution in [0.1, 0.15) is 106 Å². The summed E-state index contributed by atoms with van der Waals surface area (Å²) in [5, 5.41) is 0. The Kier molecular flexibility index (Phi) is 4.92. The number of Topliss-reactive ketones (excluding diaryl/α,β-unsaturated/α-hetero) is 2. The fourth-order valence-corrected chi connectivity index (χ4v) is 15.3. The minimum Gasteiger partial charge on any atom is -0.469 e. The third-order valence-electron chi connectivity index (χ3n) is 15.7. The number of ether oxygens (including phenoxy) is 2. The monoisotopic (exact) mass is 552 g/mol. The Hall–Kier alpha value is -1.72. The molecule has 8 saturated carbocycles. The fourth-order valence-electron chi connectivity index (χ4n) is 15.3. The first-order valence-corrected chi connectivity index (χ1v) is 15.8. The van der Waals surface area contributed by atoms with Gasteiger partial charge in [-0.05, 0) is 72.0 Å². The van der Waals surface area contributed by atoms with Crippen LogP contribution in [-0.4, -0.2) is 37.7 Å². The van der Waals surface area contributed by atoms with Crippen LogP contribution in [0.15, 0.2) is 0 Å². The van der Waals surface area contributed by atoms with Crippen LogP contribution in [0, 0.1) is 67.0 Å². The lowest BCUT2D eigenvalue weighted by molar-refractivity contribution is -0.534. The van der Waals surface area contributed by atoms with Gasteiger partial charge in [0, 0.05) is 23.7 Å². The zero-order valence-electron chi connectivity index (χ0n) is 25.8. The second-order valence-corrected chi connectivity index (χ2v) is 16.9. The van der Waals surface area contributed by atoms with Crippen LogP contribution >= 0.6 is 0 Å². The Morgan fingerprint density at radius 2 is 0.950 bits per heavy atom. The molecule has 0 N–H and O–H groups in total. The van der Waals surface area contributed by atoms with E-state index in [0.717, 1.165) is 38.5 Å². The van der Waals surface area contributed by atoms with Gasteiger partial charge in [0.05, 0.1) is 36.9 Å². The number of fused-ring (bicyclic) bond motifs is 3. The van der Waals surface area contributed by atoms with Gasteiger partial charge in [-0.3, -0.25) is 19.2 Å². The van der Waals surface area contributed by atoms with E-state index in [1.165, 1.54) is 14.2 Å². The lowest BCUT2D eigenvalue weighted by Gasteiger charge is -3.01. The first-order valence-electron chi connectivity index (χ1n) is 15.8. The van der Waals surface area contributed by atoms with E-state index in [9.17, 15) is 19.2 Å². The summed E-state index contributed by atoms with van der Waals surface area (Å²) in [6, 6.07) is 0. The molecule has 0 heterocycles. The van der Waals surface area contributed by atoms with E-state index in [-0.39, 0.29) is 57.0 Å². The zero-order valence-corrected chi connectivity index (χ0v) is 25.8. The predicted molar refractivity (Wildman–Crippen MR) is 148 cm³/mol. The van der Waals surface area contributed by atoms with E-state index >= 15 is 0 Å². The summed E-state index contributed by atoms with van der Waals surface area (Å²) >= 11 is 0. The van der Waals surface area contributed by atoms with Crippen molar-refractivity contribution in [2.45, 2.75) is 106 Å². The first-order chi connectivity index (χ1) is 18.6. The molecule has 6 nitrogen and oxygen atoms in total. The summed E-state index contributed by atoms with van der Waals surface area (Å²) < 4.78 is 11.2. The van der Waals surface area contributed by atoms with Crippen molar-refractivity contribution < 1.29 is 28.7 Å². The Morgan fingerprint density at radius 3 is 1.27 bits per heavy atom. The molecule has 0 amide bonds. The summed E-state index contributed by atoms with van der Waals surface area (Å²) in [5.74, 6) is -1.59. The van der Waals surface area contributed by atoms with E-state index in [1.54, 1.807) is 0 Å². The van der Waals surface area contributed by atoms with E-state index in [2.05, 4.69) is 41.5 Å². The second-order valence-electron chi connectivity index (χ2n) is 16.9. The largest absolute Gasteiger partial charge is 0.469 e. The molecule has 0 aromatic carbocycles. The van der Waals surface area contributed by atoms with E-state index < -0.39 is 33.5 Å². The Labute approximate surface area is 239 Å². The summed E-state index contributed by atoms with van der Waals surface area (Å²) in [4.78, 5) is 58.2. The van der Waals surface area contributed by atoms with Crippen molar-refractivity contribution in [3.63, 3.8) is 0 Å². The molecule has 4 bridgehead atoms. The van der Waals surface area contributed by atoms with Crippen LogP contribution in [0.25, 0.3) is 0 Å². The number of carbonyl (C=O) groups is 4. The molecule has 0 aromatic rings. The minimum absolute atomic E-state index is 0.0793. The second kappa shape index (κ2) is 7.25. The SMILES string of the molecule is COC(=O)[C@@H]1[C@]23[C@]45[C@H](C(=O)OC)[C@]2(CC[C@@]14C(=O)CC1C(C)(C)CCC[C@]15C)C(=O)CC1C(C)(C)CCC[C@@]13C. The highest BCUT2D eigenvalue weighted by Crippen LogP contribution is 3.06. The number of ketones is 2. The Balaban J connectivity index is 1.64. The normalized spacial score (nSPS) is 54.3. The van der Waals surface area contributed by atoms with Crippen molar-refractivity contribution in [2.75, 3.05) is 14.2 Å². The molecule has 8 rings (SSSR count). The van der Waals surface area contributed by atoms with Crippen molar-refractivity contribution in [1.29, 1.82) is 0 Å². The Bertz CT molecular complexity index is 1170. The highest BCUT2D eigenvalue weighted by Gasteiger charge is 3.09. The first kappa shape index (κ1) is 27.1. The number of hydrogen-bond acceptors (Lipinski definition) is 6. The zero-order chi connectivity index (χ0) is 29.1.